The van der Waals surface area contributed by atoms with Gasteiger partial charge < -0.3 is 4.74 Å². The minimum absolute atomic E-state index is 0.0901. The SMILES string of the molecule is COC(=O)c1ccccc1-c1nn(C(C)C)c(F)c1C. The summed E-state index contributed by atoms with van der Waals surface area (Å²) < 4.78 is 20.2. The molecule has 0 aliphatic rings. The lowest BCUT2D eigenvalue weighted by molar-refractivity contribution is 0.0601. The van der Waals surface area contributed by atoms with E-state index in [1.807, 2.05) is 13.8 Å². The summed E-state index contributed by atoms with van der Waals surface area (Å²) in [4.78, 5) is 11.8. The molecule has 0 aliphatic heterocycles. The number of carbonyl (C=O) groups is 1. The molecule has 0 spiro atoms. The van der Waals surface area contributed by atoms with E-state index in [9.17, 15) is 9.18 Å². The molecule has 2 rings (SSSR count). The van der Waals surface area contributed by atoms with E-state index in [1.54, 1.807) is 31.2 Å². The maximum atomic E-state index is 14.2. The van der Waals surface area contributed by atoms with E-state index in [0.29, 0.717) is 22.4 Å². The number of benzene rings is 1. The van der Waals surface area contributed by atoms with Crippen LogP contribution in [0.15, 0.2) is 24.3 Å². The van der Waals surface area contributed by atoms with Crippen molar-refractivity contribution in [2.45, 2.75) is 26.8 Å². The maximum Gasteiger partial charge on any atom is 0.338 e. The highest BCUT2D eigenvalue weighted by atomic mass is 19.1. The van der Waals surface area contributed by atoms with Gasteiger partial charge in [0, 0.05) is 17.2 Å². The van der Waals surface area contributed by atoms with Gasteiger partial charge in [-0.05, 0) is 26.8 Å². The summed E-state index contributed by atoms with van der Waals surface area (Å²) >= 11 is 0. The highest BCUT2D eigenvalue weighted by Gasteiger charge is 2.21. The Bertz CT molecular complexity index is 647. The van der Waals surface area contributed by atoms with Crippen LogP contribution in [-0.4, -0.2) is 22.9 Å². The van der Waals surface area contributed by atoms with Crippen molar-refractivity contribution in [2.24, 2.45) is 0 Å². The summed E-state index contributed by atoms with van der Waals surface area (Å²) in [5.74, 6) is -0.839. The van der Waals surface area contributed by atoms with Crippen LogP contribution in [0.25, 0.3) is 11.3 Å². The third-order valence-electron chi connectivity index (χ3n) is 3.15. The van der Waals surface area contributed by atoms with Gasteiger partial charge in [-0.3, -0.25) is 0 Å². The summed E-state index contributed by atoms with van der Waals surface area (Å²) in [5.41, 5.74) is 1.86. The molecular weight excluding hydrogens is 259 g/mol. The summed E-state index contributed by atoms with van der Waals surface area (Å²) in [6.45, 7) is 5.36. The molecule has 0 aliphatic carbocycles. The monoisotopic (exact) mass is 276 g/mol. The number of aromatic nitrogens is 2. The van der Waals surface area contributed by atoms with E-state index in [2.05, 4.69) is 5.10 Å². The molecule has 0 saturated heterocycles. The molecule has 20 heavy (non-hydrogen) atoms. The molecule has 5 heteroatoms. The van der Waals surface area contributed by atoms with Crippen LogP contribution in [0.3, 0.4) is 0 Å². The van der Waals surface area contributed by atoms with Crippen molar-refractivity contribution in [1.82, 2.24) is 9.78 Å². The van der Waals surface area contributed by atoms with Gasteiger partial charge in [0.25, 0.3) is 0 Å². The summed E-state index contributed by atoms with van der Waals surface area (Å²) in [7, 11) is 1.32. The van der Waals surface area contributed by atoms with E-state index in [4.69, 9.17) is 4.74 Å². The van der Waals surface area contributed by atoms with Gasteiger partial charge in [-0.1, -0.05) is 18.2 Å². The first-order valence-electron chi connectivity index (χ1n) is 6.39. The maximum absolute atomic E-state index is 14.2. The van der Waals surface area contributed by atoms with Crippen LogP contribution in [0.5, 0.6) is 0 Å². The van der Waals surface area contributed by atoms with Gasteiger partial charge in [0.15, 0.2) is 0 Å². The van der Waals surface area contributed by atoms with Gasteiger partial charge in [0.1, 0.15) is 0 Å². The second-order valence-corrected chi connectivity index (χ2v) is 4.84. The number of rotatable bonds is 3. The van der Waals surface area contributed by atoms with Gasteiger partial charge in [-0.25, -0.2) is 9.48 Å². The van der Waals surface area contributed by atoms with Crippen LogP contribution >= 0.6 is 0 Å². The molecule has 0 N–H and O–H groups in total. The van der Waals surface area contributed by atoms with Crippen LogP contribution in [0.1, 0.15) is 35.8 Å². The number of hydrogen-bond acceptors (Lipinski definition) is 3. The normalized spacial score (nSPS) is 10.9. The Morgan fingerprint density at radius 2 is 2.00 bits per heavy atom. The molecular formula is C15H17FN2O2. The van der Waals surface area contributed by atoms with Crippen LogP contribution in [0.2, 0.25) is 0 Å². The van der Waals surface area contributed by atoms with Crippen molar-refractivity contribution in [3.8, 4) is 11.3 Å². The van der Waals surface area contributed by atoms with Crippen LogP contribution < -0.4 is 0 Å². The lowest BCUT2D eigenvalue weighted by atomic mass is 10.0. The second-order valence-electron chi connectivity index (χ2n) is 4.84. The molecule has 0 saturated carbocycles. The van der Waals surface area contributed by atoms with Crippen molar-refractivity contribution >= 4 is 5.97 Å². The molecule has 0 amide bonds. The molecule has 0 radical (unpaired) electrons. The minimum atomic E-state index is -0.459. The Morgan fingerprint density at radius 1 is 1.35 bits per heavy atom. The van der Waals surface area contributed by atoms with Crippen LogP contribution in [0, 0.1) is 12.9 Å². The average Bonchev–Trinajstić information content (AvgIpc) is 2.74. The zero-order chi connectivity index (χ0) is 14.9. The molecule has 106 valence electrons. The molecule has 0 atom stereocenters. The number of ether oxygens (including phenoxy) is 1. The van der Waals surface area contributed by atoms with E-state index in [0.717, 1.165) is 0 Å². The van der Waals surface area contributed by atoms with Crippen molar-refractivity contribution in [3.63, 3.8) is 0 Å². The molecule has 1 heterocycles. The first-order chi connectivity index (χ1) is 9.47. The summed E-state index contributed by atoms with van der Waals surface area (Å²) in [6, 6.07) is 6.82. The first-order valence-corrected chi connectivity index (χ1v) is 6.39. The smallest absolute Gasteiger partial charge is 0.338 e. The van der Waals surface area contributed by atoms with E-state index >= 15 is 0 Å². The van der Waals surface area contributed by atoms with Gasteiger partial charge in [0.2, 0.25) is 5.95 Å². The topological polar surface area (TPSA) is 44.1 Å². The molecule has 2 aromatic rings. The fourth-order valence-electron chi connectivity index (χ4n) is 2.07. The molecule has 0 bridgehead atoms. The third-order valence-corrected chi connectivity index (χ3v) is 3.15. The van der Waals surface area contributed by atoms with Gasteiger partial charge >= 0.3 is 5.97 Å². The second kappa shape index (κ2) is 5.45. The predicted molar refractivity (Wildman–Crippen MR) is 74.1 cm³/mol. The molecule has 0 fully saturated rings. The van der Waals surface area contributed by atoms with Gasteiger partial charge in [0.05, 0.1) is 18.4 Å². The fourth-order valence-corrected chi connectivity index (χ4v) is 2.07. The average molecular weight is 276 g/mol. The van der Waals surface area contributed by atoms with E-state index in [-0.39, 0.29) is 12.0 Å². The molecule has 1 aromatic heterocycles. The van der Waals surface area contributed by atoms with Crippen molar-refractivity contribution < 1.29 is 13.9 Å². The highest BCUT2D eigenvalue weighted by molar-refractivity contribution is 5.97. The summed E-state index contributed by atoms with van der Waals surface area (Å²) in [6.07, 6.45) is 0. The highest BCUT2D eigenvalue weighted by Crippen LogP contribution is 2.28. The molecule has 1 aromatic carbocycles. The number of nitrogens with zero attached hydrogens (tertiary/aromatic N) is 2. The zero-order valence-corrected chi connectivity index (χ0v) is 12.0. The van der Waals surface area contributed by atoms with Crippen molar-refractivity contribution in [3.05, 3.63) is 41.3 Å². The Labute approximate surface area is 117 Å². The largest absolute Gasteiger partial charge is 0.465 e. The Balaban J connectivity index is 2.64. The number of hydrogen-bond donors (Lipinski definition) is 0. The first kappa shape index (κ1) is 14.2. The van der Waals surface area contributed by atoms with E-state index < -0.39 is 5.97 Å². The Morgan fingerprint density at radius 3 is 2.55 bits per heavy atom. The van der Waals surface area contributed by atoms with Crippen molar-refractivity contribution in [1.29, 1.82) is 0 Å². The molecule has 4 nitrogen and oxygen atoms in total. The van der Waals surface area contributed by atoms with Gasteiger partial charge in [-0.2, -0.15) is 9.49 Å². The van der Waals surface area contributed by atoms with Crippen LogP contribution in [0.4, 0.5) is 4.39 Å². The number of methoxy groups -OCH3 is 1. The Kier molecular flexibility index (Phi) is 3.88. The van der Waals surface area contributed by atoms with Crippen LogP contribution in [-0.2, 0) is 4.74 Å². The standard InChI is InChI=1S/C15H17FN2O2/c1-9(2)18-14(16)10(3)13(17-18)11-7-5-6-8-12(11)15(19)20-4/h5-9H,1-4H3. The lowest BCUT2D eigenvalue weighted by Crippen LogP contribution is -2.06. The van der Waals surface area contributed by atoms with Crippen molar-refractivity contribution in [2.75, 3.05) is 7.11 Å². The third kappa shape index (κ3) is 2.31. The van der Waals surface area contributed by atoms with Gasteiger partial charge in [-0.15, -0.1) is 0 Å². The number of halogens is 1. The zero-order valence-electron chi connectivity index (χ0n) is 12.0. The van der Waals surface area contributed by atoms with E-state index in [1.165, 1.54) is 11.8 Å². The fraction of sp³-hybridized carbons (Fsp3) is 0.333. The molecule has 0 unspecified atom stereocenters. The quantitative estimate of drug-likeness (QED) is 0.807. The number of carbonyl (C=O) groups excluding carboxylic acids is 1. The number of esters is 1. The lowest BCUT2D eigenvalue weighted by Gasteiger charge is -2.06. The minimum Gasteiger partial charge on any atom is -0.465 e. The summed E-state index contributed by atoms with van der Waals surface area (Å²) in [5, 5.41) is 4.29. The predicted octanol–water partition coefficient (Wildman–Crippen LogP) is 3.37. The Hall–Kier alpha value is -2.17.